The monoisotopic (exact) mass is 196 g/mol. The Hall–Kier alpha value is 1.11. The number of hydrogen-bond donors (Lipinski definition) is 0. The highest BCUT2D eigenvalue weighted by molar-refractivity contribution is 8.08. The van der Waals surface area contributed by atoms with Crippen molar-refractivity contribution in [3.8, 4) is 0 Å². The van der Waals surface area contributed by atoms with Crippen LogP contribution in [-0.4, -0.2) is 7.11 Å². The zero-order valence-electron chi connectivity index (χ0n) is 3.84. The van der Waals surface area contributed by atoms with E-state index >= 15 is 0 Å². The number of hydrogen-bond acceptors (Lipinski definition) is 4. The van der Waals surface area contributed by atoms with Crippen LogP contribution < -0.4 is 0 Å². The van der Waals surface area contributed by atoms with Gasteiger partial charge in [0, 0.05) is 7.11 Å². The Bertz CT molecular complexity index is 88.4. The predicted octanol–water partition coefficient (Wildman–Crippen LogP) is 2.20. The van der Waals surface area contributed by atoms with Crippen molar-refractivity contribution in [1.29, 1.82) is 0 Å². The third-order valence-corrected chi connectivity index (χ3v) is 3.65. The normalized spacial score (nSPS) is 11.9. The van der Waals surface area contributed by atoms with Gasteiger partial charge in [-0.15, -0.1) is 0 Å². The highest BCUT2D eigenvalue weighted by atomic mass is 35.5. The van der Waals surface area contributed by atoms with Gasteiger partial charge in [0.2, 0.25) is 0 Å². The molecule has 0 saturated heterocycles. The summed E-state index contributed by atoms with van der Waals surface area (Å²) in [5, 5.41) is 0. The van der Waals surface area contributed by atoms with Crippen molar-refractivity contribution in [1.82, 2.24) is 0 Å². The van der Waals surface area contributed by atoms with Crippen molar-refractivity contribution >= 4 is 42.3 Å². The lowest BCUT2D eigenvalue weighted by molar-refractivity contribution is 0.337. The summed E-state index contributed by atoms with van der Waals surface area (Å²) in [5.74, 6) is 0. The van der Waals surface area contributed by atoms with Gasteiger partial charge in [-0.25, -0.2) is 0 Å². The zero-order chi connectivity index (χ0) is 6.62. The maximum atomic E-state index is 4.82. The summed E-state index contributed by atoms with van der Waals surface area (Å²) in [6.45, 7) is -2.80. The summed E-state index contributed by atoms with van der Waals surface area (Å²) in [5.41, 5.74) is 0. The SMILES string of the molecule is COP(=S)(OCl)OCl. The Kier molecular flexibility index (Phi) is 4.57. The van der Waals surface area contributed by atoms with E-state index in [1.54, 1.807) is 0 Å². The minimum absolute atomic E-state index is 1.30. The molecule has 0 spiro atoms. The van der Waals surface area contributed by atoms with Crippen molar-refractivity contribution in [3.05, 3.63) is 0 Å². The number of rotatable bonds is 3. The molecule has 0 aliphatic rings. The highest BCUT2D eigenvalue weighted by Crippen LogP contribution is 2.51. The van der Waals surface area contributed by atoms with Gasteiger partial charge in [-0.3, -0.25) is 0 Å². The molecule has 8 heavy (non-hydrogen) atoms. The van der Waals surface area contributed by atoms with Crippen molar-refractivity contribution < 1.29 is 12.7 Å². The third kappa shape index (κ3) is 2.60. The van der Waals surface area contributed by atoms with Crippen LogP contribution in [0, 0.1) is 0 Å². The van der Waals surface area contributed by atoms with Gasteiger partial charge < -0.3 is 4.52 Å². The Labute approximate surface area is 62.4 Å². The van der Waals surface area contributed by atoms with Gasteiger partial charge in [-0.2, -0.15) is 8.15 Å². The fraction of sp³-hybridized carbons (Fsp3) is 1.00. The molecule has 0 radical (unpaired) electrons. The van der Waals surface area contributed by atoms with E-state index in [9.17, 15) is 0 Å². The third-order valence-electron chi connectivity index (χ3n) is 0.393. The van der Waals surface area contributed by atoms with Gasteiger partial charge in [-0.05, 0) is 11.8 Å². The largest absolute Gasteiger partial charge is 0.360 e. The average Bonchev–Trinajstić information content (AvgIpc) is 1.87. The van der Waals surface area contributed by atoms with Gasteiger partial charge >= 0.3 is 6.72 Å². The van der Waals surface area contributed by atoms with Gasteiger partial charge in [0.05, 0.1) is 23.7 Å². The van der Waals surface area contributed by atoms with Crippen LogP contribution in [0.5, 0.6) is 0 Å². The molecule has 0 unspecified atom stereocenters. The fourth-order valence-corrected chi connectivity index (χ4v) is 0.795. The van der Waals surface area contributed by atoms with E-state index in [-0.39, 0.29) is 0 Å². The van der Waals surface area contributed by atoms with Gasteiger partial charge in [0.15, 0.2) is 0 Å². The van der Waals surface area contributed by atoms with Crippen LogP contribution in [0.25, 0.3) is 0 Å². The maximum absolute atomic E-state index is 4.82. The Morgan fingerprint density at radius 3 is 1.75 bits per heavy atom. The molecule has 0 saturated carbocycles. The van der Waals surface area contributed by atoms with Crippen molar-refractivity contribution in [2.24, 2.45) is 0 Å². The lowest BCUT2D eigenvalue weighted by Crippen LogP contribution is -1.81. The molecule has 0 rings (SSSR count). The van der Waals surface area contributed by atoms with Gasteiger partial charge in [-0.1, -0.05) is 0 Å². The molecular weight excluding hydrogens is 194 g/mol. The maximum Gasteiger partial charge on any atom is 0.360 e. The average molecular weight is 197 g/mol. The van der Waals surface area contributed by atoms with Crippen LogP contribution in [0.3, 0.4) is 0 Å². The van der Waals surface area contributed by atoms with E-state index in [0.717, 1.165) is 0 Å². The van der Waals surface area contributed by atoms with Crippen LogP contribution in [0.2, 0.25) is 0 Å². The molecule has 0 aromatic heterocycles. The van der Waals surface area contributed by atoms with E-state index in [2.05, 4.69) is 24.5 Å². The Morgan fingerprint density at radius 1 is 1.38 bits per heavy atom. The highest BCUT2D eigenvalue weighted by Gasteiger charge is 2.16. The molecule has 0 aromatic carbocycles. The molecule has 0 fully saturated rings. The summed E-state index contributed by atoms with van der Waals surface area (Å²) in [4.78, 5) is 0. The summed E-state index contributed by atoms with van der Waals surface area (Å²) < 4.78 is 12.6. The van der Waals surface area contributed by atoms with Crippen molar-refractivity contribution in [2.45, 2.75) is 0 Å². The lowest BCUT2D eigenvalue weighted by atomic mass is 11.8. The van der Waals surface area contributed by atoms with Crippen LogP contribution in [0.4, 0.5) is 0 Å². The summed E-state index contributed by atoms with van der Waals surface area (Å²) in [6, 6.07) is 0. The van der Waals surface area contributed by atoms with Crippen LogP contribution in [0.15, 0.2) is 0 Å². The molecule has 0 heterocycles. The second-order valence-electron chi connectivity index (χ2n) is 0.768. The van der Waals surface area contributed by atoms with Crippen LogP contribution >= 0.6 is 30.5 Å². The topological polar surface area (TPSA) is 27.7 Å². The molecule has 7 heteroatoms. The zero-order valence-corrected chi connectivity index (χ0v) is 7.06. The molecule has 0 aliphatic heterocycles. The van der Waals surface area contributed by atoms with Gasteiger partial charge in [0.1, 0.15) is 0 Å². The first-order valence-corrected chi connectivity index (χ1v) is 4.62. The molecule has 0 amide bonds. The first-order valence-electron chi connectivity index (χ1n) is 1.45. The molecular formula is CH3Cl2O3PS. The predicted molar refractivity (Wildman–Crippen MR) is 35.2 cm³/mol. The smallest absolute Gasteiger partial charge is 0.310 e. The number of halogens is 2. The van der Waals surface area contributed by atoms with E-state index in [4.69, 9.17) is 23.7 Å². The fourth-order valence-electron chi connectivity index (χ4n) is 0.0670. The molecule has 0 aliphatic carbocycles. The minimum atomic E-state index is -2.80. The van der Waals surface area contributed by atoms with E-state index in [1.807, 2.05) is 0 Å². The molecule has 0 N–H and O–H groups in total. The Morgan fingerprint density at radius 2 is 1.75 bits per heavy atom. The second kappa shape index (κ2) is 4.01. The first-order chi connectivity index (χ1) is 3.68. The van der Waals surface area contributed by atoms with Gasteiger partial charge in [0.25, 0.3) is 0 Å². The van der Waals surface area contributed by atoms with E-state index in [1.165, 1.54) is 7.11 Å². The summed E-state index contributed by atoms with van der Waals surface area (Å²) in [7, 11) is 1.30. The summed E-state index contributed by atoms with van der Waals surface area (Å²) in [6.07, 6.45) is 0. The Balaban J connectivity index is 3.79. The van der Waals surface area contributed by atoms with Crippen molar-refractivity contribution in [3.63, 3.8) is 0 Å². The van der Waals surface area contributed by atoms with Crippen LogP contribution in [-0.2, 0) is 24.5 Å². The quantitative estimate of drug-likeness (QED) is 0.648. The molecule has 50 valence electrons. The molecule has 0 aromatic rings. The molecule has 0 bridgehead atoms. The standard InChI is InChI=1S/CH3Cl2O3PS/c1-4-7(8,5-2)6-3/h1H3. The molecule has 3 nitrogen and oxygen atoms in total. The van der Waals surface area contributed by atoms with Crippen LogP contribution in [0.1, 0.15) is 0 Å². The minimum Gasteiger partial charge on any atom is -0.310 e. The molecule has 0 atom stereocenters. The van der Waals surface area contributed by atoms with E-state index in [0.29, 0.717) is 0 Å². The van der Waals surface area contributed by atoms with E-state index < -0.39 is 6.72 Å². The lowest BCUT2D eigenvalue weighted by Gasteiger charge is -2.07. The summed E-state index contributed by atoms with van der Waals surface area (Å²) >= 11 is 14.1. The second-order valence-corrected chi connectivity index (χ2v) is 4.47. The first kappa shape index (κ1) is 9.11. The van der Waals surface area contributed by atoms with Crippen molar-refractivity contribution in [2.75, 3.05) is 7.11 Å².